The number of methoxy groups -OCH3 is 2. The maximum Gasteiger partial charge on any atom is 0.204 e. The molecule has 0 fully saturated rings. The van der Waals surface area contributed by atoms with Crippen LogP contribution in [0.1, 0.15) is 21.5 Å². The van der Waals surface area contributed by atoms with Crippen molar-refractivity contribution in [2.75, 3.05) is 26.6 Å². The summed E-state index contributed by atoms with van der Waals surface area (Å²) in [7, 11) is 2.93. The monoisotopic (exact) mass is 478 g/mol. The number of nitrogen functional groups attached to an aromatic ring is 1. The van der Waals surface area contributed by atoms with Gasteiger partial charge in [0.25, 0.3) is 0 Å². The van der Waals surface area contributed by atoms with Crippen LogP contribution >= 0.6 is 23.2 Å². The number of ether oxygens (including phenoxy) is 3. The molecule has 0 unspecified atom stereocenters. The molecular weight excluding hydrogens is 458 g/mol. The Kier molecular flexibility index (Phi) is 7.77. The molecule has 168 valence electrons. The van der Waals surface area contributed by atoms with Gasteiger partial charge in [0.2, 0.25) is 5.75 Å². The molecule has 6 nitrogen and oxygen atoms in total. The van der Waals surface area contributed by atoms with Gasteiger partial charge in [0.05, 0.1) is 36.4 Å². The second-order valence-corrected chi connectivity index (χ2v) is 7.58. The van der Waals surface area contributed by atoms with E-state index >= 15 is 0 Å². The molecule has 0 atom stereocenters. The molecule has 0 bridgehead atoms. The molecule has 32 heavy (non-hydrogen) atoms. The second-order valence-electron chi connectivity index (χ2n) is 6.79. The van der Waals surface area contributed by atoms with Crippen molar-refractivity contribution in [1.82, 2.24) is 4.98 Å². The molecule has 1 heterocycles. The molecule has 3 aromatic rings. The van der Waals surface area contributed by atoms with Crippen molar-refractivity contribution in [3.63, 3.8) is 0 Å². The lowest BCUT2D eigenvalue weighted by molar-refractivity contribution is 0.0988. The van der Waals surface area contributed by atoms with Crippen LogP contribution in [0.3, 0.4) is 0 Å². The highest BCUT2D eigenvalue weighted by atomic mass is 35.5. The first kappa shape index (κ1) is 23.6. The lowest BCUT2D eigenvalue weighted by Crippen LogP contribution is -2.12. The number of benzene rings is 2. The predicted molar refractivity (Wildman–Crippen MR) is 122 cm³/mol. The lowest BCUT2D eigenvalue weighted by Gasteiger charge is -2.17. The number of ketones is 1. The fourth-order valence-electron chi connectivity index (χ4n) is 3.16. The van der Waals surface area contributed by atoms with E-state index in [-0.39, 0.29) is 57.6 Å². The summed E-state index contributed by atoms with van der Waals surface area (Å²) in [5.41, 5.74) is 7.12. The number of carbonyl (C=O) groups excluding carboxylic acids is 1. The van der Waals surface area contributed by atoms with Gasteiger partial charge in [0, 0.05) is 24.6 Å². The minimum atomic E-state index is -0.331. The number of pyridine rings is 1. The average molecular weight is 479 g/mol. The van der Waals surface area contributed by atoms with Crippen LogP contribution in [0, 0.1) is 5.82 Å². The Hall–Kier alpha value is -3.03. The van der Waals surface area contributed by atoms with Crippen molar-refractivity contribution in [1.29, 1.82) is 0 Å². The summed E-state index contributed by atoms with van der Waals surface area (Å²) in [5.74, 6) is 0.308. The van der Waals surface area contributed by atoms with E-state index in [4.69, 9.17) is 43.1 Å². The highest BCUT2D eigenvalue weighted by Crippen LogP contribution is 2.41. The third-order valence-corrected chi connectivity index (χ3v) is 5.51. The van der Waals surface area contributed by atoms with Gasteiger partial charge in [-0.1, -0.05) is 35.3 Å². The summed E-state index contributed by atoms with van der Waals surface area (Å²) < 4.78 is 30.2. The first-order chi connectivity index (χ1) is 15.3. The van der Waals surface area contributed by atoms with E-state index < -0.39 is 0 Å². The minimum Gasteiger partial charge on any atom is -0.493 e. The maximum absolute atomic E-state index is 13.4. The van der Waals surface area contributed by atoms with Crippen molar-refractivity contribution in [3.05, 3.63) is 75.1 Å². The molecule has 0 amide bonds. The number of aromatic nitrogens is 1. The molecule has 0 radical (unpaired) electrons. The van der Waals surface area contributed by atoms with Gasteiger partial charge >= 0.3 is 0 Å². The van der Waals surface area contributed by atoms with Gasteiger partial charge in [-0.05, 0) is 29.8 Å². The molecular formula is C23H21Cl2FN2O4. The maximum atomic E-state index is 13.4. The van der Waals surface area contributed by atoms with E-state index in [1.807, 2.05) is 0 Å². The zero-order chi connectivity index (χ0) is 23.3. The third kappa shape index (κ3) is 5.23. The minimum absolute atomic E-state index is 0.0812. The van der Waals surface area contributed by atoms with E-state index in [1.54, 1.807) is 24.3 Å². The Labute approximate surface area is 195 Å². The van der Waals surface area contributed by atoms with Crippen molar-refractivity contribution < 1.29 is 23.4 Å². The van der Waals surface area contributed by atoms with Gasteiger partial charge in [-0.2, -0.15) is 0 Å². The number of nitrogens with zero attached hydrogens (tertiary/aromatic N) is 1. The molecule has 2 N–H and O–H groups in total. The quantitative estimate of drug-likeness (QED) is 0.426. The zero-order valence-corrected chi connectivity index (χ0v) is 19.0. The van der Waals surface area contributed by atoms with Gasteiger partial charge < -0.3 is 19.9 Å². The molecule has 0 saturated carbocycles. The topological polar surface area (TPSA) is 83.7 Å². The Morgan fingerprint density at radius 3 is 2.59 bits per heavy atom. The summed E-state index contributed by atoms with van der Waals surface area (Å²) in [6.07, 6.45) is 1.64. The number of carbonyl (C=O) groups is 1. The van der Waals surface area contributed by atoms with E-state index in [9.17, 15) is 9.18 Å². The standard InChI is InChI=1S/C23H21Cl2FN2O4/c1-30-19-7-6-15(18(29)11-16-17(24)12-28-23(27)20(16)25)21(22(19)31-2)32-9-8-13-4-3-5-14(26)10-13/h3-7,10,12H,8-9,11H2,1-2H3,(H2,27,28). The van der Waals surface area contributed by atoms with Gasteiger partial charge in [-0.15, -0.1) is 0 Å². The van der Waals surface area contributed by atoms with Crippen LogP contribution in [0.15, 0.2) is 42.6 Å². The van der Waals surface area contributed by atoms with E-state index in [1.165, 1.54) is 32.5 Å². The Balaban J connectivity index is 1.91. The number of rotatable bonds is 9. The van der Waals surface area contributed by atoms with Gasteiger partial charge in [-0.25, -0.2) is 9.37 Å². The first-order valence-electron chi connectivity index (χ1n) is 9.59. The number of halogens is 3. The molecule has 0 aliphatic rings. The second kappa shape index (κ2) is 10.5. The number of hydrogen-bond donors (Lipinski definition) is 1. The average Bonchev–Trinajstić information content (AvgIpc) is 2.78. The van der Waals surface area contributed by atoms with Gasteiger partial charge in [0.15, 0.2) is 17.3 Å². The van der Waals surface area contributed by atoms with Crippen molar-refractivity contribution >= 4 is 34.8 Å². The Morgan fingerprint density at radius 2 is 1.91 bits per heavy atom. The summed E-state index contributed by atoms with van der Waals surface area (Å²) in [5, 5.41) is 0.353. The highest BCUT2D eigenvalue weighted by Gasteiger charge is 2.23. The Morgan fingerprint density at radius 1 is 1.12 bits per heavy atom. The molecule has 0 aliphatic carbocycles. The Bertz CT molecular complexity index is 1140. The summed E-state index contributed by atoms with van der Waals surface area (Å²) in [6.45, 7) is 0.178. The van der Waals surface area contributed by atoms with Gasteiger partial charge in [0.1, 0.15) is 11.6 Å². The summed E-state index contributed by atoms with van der Waals surface area (Å²) in [4.78, 5) is 17.1. The van der Waals surface area contributed by atoms with Crippen molar-refractivity contribution in [2.24, 2.45) is 0 Å². The molecule has 0 aliphatic heterocycles. The summed E-state index contributed by atoms with van der Waals surface area (Å²) in [6, 6.07) is 9.40. The third-order valence-electron chi connectivity index (χ3n) is 4.76. The number of hydrogen-bond acceptors (Lipinski definition) is 6. The number of Topliss-reactive ketones (excluding diaryl/α,β-unsaturated/α-hetero) is 1. The molecule has 9 heteroatoms. The normalized spacial score (nSPS) is 10.7. The van der Waals surface area contributed by atoms with E-state index in [0.29, 0.717) is 17.7 Å². The number of anilines is 1. The van der Waals surface area contributed by atoms with Crippen LogP contribution in [0.2, 0.25) is 10.0 Å². The van der Waals surface area contributed by atoms with Gasteiger partial charge in [-0.3, -0.25) is 4.79 Å². The fraction of sp³-hybridized carbons (Fsp3) is 0.217. The molecule has 0 spiro atoms. The molecule has 1 aromatic heterocycles. The van der Waals surface area contributed by atoms with Crippen LogP contribution in [0.4, 0.5) is 10.2 Å². The van der Waals surface area contributed by atoms with Crippen LogP contribution < -0.4 is 19.9 Å². The predicted octanol–water partition coefficient (Wildman–Crippen LogP) is 5.17. The first-order valence-corrected chi connectivity index (χ1v) is 10.3. The van der Waals surface area contributed by atoms with Crippen LogP contribution in [0.25, 0.3) is 0 Å². The molecule has 2 aromatic carbocycles. The fourth-order valence-corrected chi connectivity index (χ4v) is 3.64. The lowest BCUT2D eigenvalue weighted by atomic mass is 10.0. The largest absolute Gasteiger partial charge is 0.493 e. The zero-order valence-electron chi connectivity index (χ0n) is 17.5. The summed E-state index contributed by atoms with van der Waals surface area (Å²) >= 11 is 12.4. The number of nitrogens with two attached hydrogens (primary N) is 1. The molecule has 3 rings (SSSR count). The highest BCUT2D eigenvalue weighted by molar-refractivity contribution is 6.37. The van der Waals surface area contributed by atoms with E-state index in [2.05, 4.69) is 4.98 Å². The molecule has 0 saturated heterocycles. The van der Waals surface area contributed by atoms with Crippen molar-refractivity contribution in [2.45, 2.75) is 12.8 Å². The van der Waals surface area contributed by atoms with Crippen LogP contribution in [0.5, 0.6) is 17.2 Å². The van der Waals surface area contributed by atoms with Crippen molar-refractivity contribution in [3.8, 4) is 17.2 Å². The SMILES string of the molecule is COc1ccc(C(=O)Cc2c(Cl)cnc(N)c2Cl)c(OCCc2cccc(F)c2)c1OC. The van der Waals surface area contributed by atoms with E-state index in [0.717, 1.165) is 5.56 Å². The van der Waals surface area contributed by atoms with Crippen LogP contribution in [-0.4, -0.2) is 31.6 Å². The smallest absolute Gasteiger partial charge is 0.204 e. The van der Waals surface area contributed by atoms with Crippen LogP contribution in [-0.2, 0) is 12.8 Å².